The summed E-state index contributed by atoms with van der Waals surface area (Å²) < 4.78 is 0. The zero-order valence-electron chi connectivity index (χ0n) is 7.16. The van der Waals surface area contributed by atoms with Gasteiger partial charge in [0.2, 0.25) is 0 Å². The van der Waals surface area contributed by atoms with Crippen LogP contribution < -0.4 is 5.73 Å². The summed E-state index contributed by atoms with van der Waals surface area (Å²) in [6.07, 6.45) is 1.66. The van der Waals surface area contributed by atoms with Gasteiger partial charge in [0, 0.05) is 17.1 Å². The van der Waals surface area contributed by atoms with E-state index in [4.69, 9.17) is 22.5 Å². The van der Waals surface area contributed by atoms with Crippen molar-refractivity contribution in [3.8, 4) is 0 Å². The van der Waals surface area contributed by atoms with Crippen molar-refractivity contribution in [2.75, 3.05) is 0 Å². The van der Waals surface area contributed by atoms with Gasteiger partial charge in [0.1, 0.15) is 0 Å². The van der Waals surface area contributed by atoms with Crippen LogP contribution in [0.25, 0.3) is 10.9 Å². The third-order valence-electron chi connectivity index (χ3n) is 2.05. The number of hydrogen-bond donors (Lipinski definition) is 3. The molecule has 0 bridgehead atoms. The van der Waals surface area contributed by atoms with E-state index < -0.39 is 0 Å². The number of aromatic amines is 1. The highest BCUT2D eigenvalue weighted by Crippen LogP contribution is 2.24. The van der Waals surface area contributed by atoms with Crippen molar-refractivity contribution in [2.45, 2.75) is 0 Å². The minimum atomic E-state index is 0.0681. The lowest BCUT2D eigenvalue weighted by molar-refractivity contribution is 0.318. The first-order valence-electron chi connectivity index (χ1n) is 3.97. The Morgan fingerprint density at radius 2 is 2.29 bits per heavy atom. The van der Waals surface area contributed by atoms with E-state index in [0.717, 1.165) is 10.9 Å². The van der Waals surface area contributed by atoms with Crippen LogP contribution in [0.15, 0.2) is 29.6 Å². The fraction of sp³-hybridized carbons (Fsp3) is 0. The van der Waals surface area contributed by atoms with Crippen molar-refractivity contribution in [3.63, 3.8) is 0 Å². The van der Waals surface area contributed by atoms with Gasteiger partial charge in [-0.1, -0.05) is 28.9 Å². The molecule has 0 saturated carbocycles. The molecular formula is C9H8ClN3O. The number of hydrogen-bond acceptors (Lipinski definition) is 2. The van der Waals surface area contributed by atoms with Crippen molar-refractivity contribution < 1.29 is 5.21 Å². The summed E-state index contributed by atoms with van der Waals surface area (Å²) in [6.45, 7) is 0. The van der Waals surface area contributed by atoms with Crippen molar-refractivity contribution in [1.82, 2.24) is 4.98 Å². The lowest BCUT2D eigenvalue weighted by atomic mass is 10.1. The number of nitrogens with one attached hydrogen (secondary N) is 1. The number of rotatable bonds is 1. The zero-order valence-corrected chi connectivity index (χ0v) is 7.92. The molecule has 0 aliphatic heterocycles. The van der Waals surface area contributed by atoms with Gasteiger partial charge < -0.3 is 15.9 Å². The van der Waals surface area contributed by atoms with Gasteiger partial charge in [0.05, 0.1) is 10.5 Å². The summed E-state index contributed by atoms with van der Waals surface area (Å²) in [5, 5.41) is 12.9. The van der Waals surface area contributed by atoms with Crippen molar-refractivity contribution >= 4 is 28.3 Å². The first kappa shape index (κ1) is 8.90. The number of oxime groups is 1. The van der Waals surface area contributed by atoms with Gasteiger partial charge in [-0.25, -0.2) is 0 Å². The van der Waals surface area contributed by atoms with Crippen LogP contribution in [0.3, 0.4) is 0 Å². The predicted octanol–water partition coefficient (Wildman–Crippen LogP) is 1.92. The highest BCUT2D eigenvalue weighted by Gasteiger charge is 2.08. The molecule has 0 aliphatic rings. The molecule has 0 atom stereocenters. The molecule has 2 rings (SSSR count). The third-order valence-corrected chi connectivity index (χ3v) is 2.36. The Kier molecular flexibility index (Phi) is 2.05. The van der Waals surface area contributed by atoms with Crippen LogP contribution in [0.2, 0.25) is 5.02 Å². The molecule has 5 heteroatoms. The van der Waals surface area contributed by atoms with E-state index in [2.05, 4.69) is 10.1 Å². The van der Waals surface area contributed by atoms with Crippen LogP contribution >= 0.6 is 11.6 Å². The Bertz CT molecular complexity index is 504. The number of H-pyrrole nitrogens is 1. The molecule has 4 N–H and O–H groups in total. The second-order valence-corrected chi connectivity index (χ2v) is 3.26. The van der Waals surface area contributed by atoms with Gasteiger partial charge in [-0.15, -0.1) is 0 Å². The van der Waals surface area contributed by atoms with Crippen LogP contribution in [0.5, 0.6) is 0 Å². The van der Waals surface area contributed by atoms with E-state index in [0.29, 0.717) is 10.6 Å². The minimum absolute atomic E-state index is 0.0681. The minimum Gasteiger partial charge on any atom is -0.409 e. The monoisotopic (exact) mass is 209 g/mol. The number of benzene rings is 1. The Morgan fingerprint density at radius 1 is 1.50 bits per heavy atom. The normalized spacial score (nSPS) is 12.2. The smallest absolute Gasteiger partial charge is 0.172 e. The molecule has 0 unspecified atom stereocenters. The molecule has 0 amide bonds. The largest absolute Gasteiger partial charge is 0.409 e. The second-order valence-electron chi connectivity index (χ2n) is 2.85. The van der Waals surface area contributed by atoms with E-state index >= 15 is 0 Å². The van der Waals surface area contributed by atoms with Gasteiger partial charge in [0.15, 0.2) is 5.84 Å². The third kappa shape index (κ3) is 1.20. The molecule has 0 spiro atoms. The SMILES string of the molecule is N/C(=N/O)c1c[nH]c2c(Cl)cccc12. The van der Waals surface area contributed by atoms with E-state index in [1.54, 1.807) is 12.3 Å². The maximum atomic E-state index is 8.55. The molecular weight excluding hydrogens is 202 g/mol. The molecule has 72 valence electrons. The van der Waals surface area contributed by atoms with E-state index in [9.17, 15) is 0 Å². The number of halogens is 1. The summed E-state index contributed by atoms with van der Waals surface area (Å²) in [4.78, 5) is 2.97. The summed E-state index contributed by atoms with van der Waals surface area (Å²) in [5.41, 5.74) is 6.92. The summed E-state index contributed by atoms with van der Waals surface area (Å²) in [6, 6.07) is 5.44. The van der Waals surface area contributed by atoms with Crippen LogP contribution in [-0.4, -0.2) is 16.0 Å². The first-order chi connectivity index (χ1) is 6.74. The van der Waals surface area contributed by atoms with Gasteiger partial charge in [0.25, 0.3) is 0 Å². The standard InChI is InChI=1S/C9H8ClN3O/c10-7-3-1-2-5-6(9(11)13-14)4-12-8(5)7/h1-4,12,14H,(H2,11,13). The Morgan fingerprint density at radius 3 is 3.00 bits per heavy atom. The number of fused-ring (bicyclic) bond motifs is 1. The van der Waals surface area contributed by atoms with E-state index in [1.807, 2.05) is 12.1 Å². The molecule has 0 radical (unpaired) electrons. The van der Waals surface area contributed by atoms with E-state index in [-0.39, 0.29) is 5.84 Å². The van der Waals surface area contributed by atoms with Crippen LogP contribution in [0.1, 0.15) is 5.56 Å². The molecule has 14 heavy (non-hydrogen) atoms. The molecule has 0 saturated heterocycles. The number of para-hydroxylation sites is 1. The average molecular weight is 210 g/mol. The first-order valence-corrected chi connectivity index (χ1v) is 4.35. The fourth-order valence-corrected chi connectivity index (χ4v) is 1.61. The maximum absolute atomic E-state index is 8.55. The van der Waals surface area contributed by atoms with Crippen LogP contribution in [0, 0.1) is 0 Å². The number of amidine groups is 1. The highest BCUT2D eigenvalue weighted by atomic mass is 35.5. The Balaban J connectivity index is 2.76. The number of aromatic nitrogens is 1. The molecule has 1 aromatic heterocycles. The summed E-state index contributed by atoms with van der Waals surface area (Å²) in [5.74, 6) is 0.0681. The second kappa shape index (κ2) is 3.23. The molecule has 0 aliphatic carbocycles. The van der Waals surface area contributed by atoms with Crippen LogP contribution in [-0.2, 0) is 0 Å². The number of nitrogens with zero attached hydrogens (tertiary/aromatic N) is 1. The Labute approximate surface area is 85.0 Å². The fourth-order valence-electron chi connectivity index (χ4n) is 1.38. The van der Waals surface area contributed by atoms with Gasteiger partial charge in [-0.3, -0.25) is 0 Å². The van der Waals surface area contributed by atoms with Crippen molar-refractivity contribution in [3.05, 3.63) is 35.0 Å². The molecule has 1 heterocycles. The Hall–Kier alpha value is -1.68. The average Bonchev–Trinajstić information content (AvgIpc) is 2.62. The molecule has 1 aromatic carbocycles. The maximum Gasteiger partial charge on any atom is 0.172 e. The molecule has 2 aromatic rings. The van der Waals surface area contributed by atoms with Gasteiger partial charge >= 0.3 is 0 Å². The van der Waals surface area contributed by atoms with E-state index in [1.165, 1.54) is 0 Å². The molecule has 0 fully saturated rings. The predicted molar refractivity (Wildman–Crippen MR) is 55.8 cm³/mol. The van der Waals surface area contributed by atoms with Crippen molar-refractivity contribution in [2.24, 2.45) is 10.9 Å². The van der Waals surface area contributed by atoms with Gasteiger partial charge in [-0.2, -0.15) is 0 Å². The topological polar surface area (TPSA) is 74.4 Å². The van der Waals surface area contributed by atoms with Gasteiger partial charge in [-0.05, 0) is 6.07 Å². The highest BCUT2D eigenvalue weighted by molar-refractivity contribution is 6.35. The van der Waals surface area contributed by atoms with Crippen LogP contribution in [0.4, 0.5) is 0 Å². The van der Waals surface area contributed by atoms with Crippen molar-refractivity contribution in [1.29, 1.82) is 0 Å². The molecule has 4 nitrogen and oxygen atoms in total. The summed E-state index contributed by atoms with van der Waals surface area (Å²) >= 11 is 5.94. The lowest BCUT2D eigenvalue weighted by Crippen LogP contribution is -2.12. The summed E-state index contributed by atoms with van der Waals surface area (Å²) in [7, 11) is 0. The zero-order chi connectivity index (χ0) is 10.1. The lowest BCUT2D eigenvalue weighted by Gasteiger charge is -1.96. The quantitative estimate of drug-likeness (QED) is 0.291. The number of nitrogens with two attached hydrogens (primary N) is 1.